The first-order valence-electron chi connectivity index (χ1n) is 10.5. The van der Waals surface area contributed by atoms with E-state index in [1.807, 2.05) is 38.1 Å². The van der Waals surface area contributed by atoms with Crippen molar-refractivity contribution < 1.29 is 18.0 Å². The Morgan fingerprint density at radius 1 is 1.03 bits per heavy atom. The number of carbonyl (C=O) groups excluding carboxylic acids is 2. The number of aryl methyl sites for hydroxylation is 1. The molecule has 7 nitrogen and oxygen atoms in total. The van der Waals surface area contributed by atoms with E-state index in [2.05, 4.69) is 6.92 Å². The van der Waals surface area contributed by atoms with Gasteiger partial charge in [0, 0.05) is 18.8 Å². The third-order valence-electron chi connectivity index (χ3n) is 5.75. The van der Waals surface area contributed by atoms with Gasteiger partial charge in [-0.1, -0.05) is 32.9 Å². The summed E-state index contributed by atoms with van der Waals surface area (Å²) in [7, 11) is -3.25. The van der Waals surface area contributed by atoms with Gasteiger partial charge in [0.05, 0.1) is 23.6 Å². The number of carbonyl (C=O) groups is 2. The second-order valence-electron chi connectivity index (χ2n) is 7.89. The number of rotatable bonds is 8. The number of benzene rings is 1. The Hall–Kier alpha value is -2.09. The third kappa shape index (κ3) is 4.42. The van der Waals surface area contributed by atoms with Crippen LogP contribution in [0.1, 0.15) is 39.2 Å². The quantitative estimate of drug-likeness (QED) is 0.604. The van der Waals surface area contributed by atoms with Gasteiger partial charge in [0.25, 0.3) is 0 Å². The Kier molecular flexibility index (Phi) is 6.51. The summed E-state index contributed by atoms with van der Waals surface area (Å²) in [4.78, 5) is 30.9. The number of nitrogens with zero attached hydrogens (tertiary/aromatic N) is 3. The number of sulfone groups is 1. The molecule has 3 rings (SSSR count). The van der Waals surface area contributed by atoms with Crippen molar-refractivity contribution in [1.82, 2.24) is 9.80 Å². The van der Waals surface area contributed by atoms with Crippen molar-refractivity contribution in [2.24, 2.45) is 0 Å². The van der Waals surface area contributed by atoms with Crippen LogP contribution in [0.15, 0.2) is 24.3 Å². The van der Waals surface area contributed by atoms with Crippen LogP contribution in [0.3, 0.4) is 0 Å². The highest BCUT2D eigenvalue weighted by atomic mass is 32.2. The predicted molar refractivity (Wildman–Crippen MR) is 114 cm³/mol. The Morgan fingerprint density at radius 2 is 1.62 bits per heavy atom. The van der Waals surface area contributed by atoms with Crippen molar-refractivity contribution in [1.29, 1.82) is 0 Å². The first-order valence-corrected chi connectivity index (χ1v) is 12.3. The molecule has 2 atom stereocenters. The van der Waals surface area contributed by atoms with E-state index in [-0.39, 0.29) is 30.0 Å². The van der Waals surface area contributed by atoms with Crippen LogP contribution in [0.2, 0.25) is 0 Å². The van der Waals surface area contributed by atoms with Crippen LogP contribution in [0.5, 0.6) is 0 Å². The summed E-state index contributed by atoms with van der Waals surface area (Å²) in [6.07, 6.45) is 2.58. The topological polar surface area (TPSA) is 78.0 Å². The summed E-state index contributed by atoms with van der Waals surface area (Å²) in [6, 6.07) is 6.44. The maximum absolute atomic E-state index is 13.2. The summed E-state index contributed by atoms with van der Waals surface area (Å²) in [5, 5.41) is 0. The number of anilines is 1. The van der Waals surface area contributed by atoms with Gasteiger partial charge in [-0.3, -0.25) is 9.69 Å². The molecule has 0 aromatic heterocycles. The highest BCUT2D eigenvalue weighted by Crippen LogP contribution is 2.35. The monoisotopic (exact) mass is 421 g/mol. The highest BCUT2D eigenvalue weighted by molar-refractivity contribution is 7.91. The van der Waals surface area contributed by atoms with Gasteiger partial charge in [-0.2, -0.15) is 0 Å². The molecule has 0 radical (unpaired) electrons. The fourth-order valence-corrected chi connectivity index (χ4v) is 6.25. The normalized spacial score (nSPS) is 22.8. The van der Waals surface area contributed by atoms with E-state index >= 15 is 0 Å². The van der Waals surface area contributed by atoms with Crippen LogP contribution in [0.25, 0.3) is 0 Å². The lowest BCUT2D eigenvalue weighted by molar-refractivity contribution is -0.132. The average molecular weight is 422 g/mol. The lowest BCUT2D eigenvalue weighted by atomic mass is 10.1. The number of amides is 3. The van der Waals surface area contributed by atoms with Gasteiger partial charge in [-0.15, -0.1) is 0 Å². The second-order valence-corrected chi connectivity index (χ2v) is 10.0. The summed E-state index contributed by atoms with van der Waals surface area (Å²) in [5.74, 6) is -0.257. The van der Waals surface area contributed by atoms with Crippen LogP contribution in [0.4, 0.5) is 10.5 Å². The van der Waals surface area contributed by atoms with Gasteiger partial charge in [-0.05, 0) is 37.0 Å². The van der Waals surface area contributed by atoms with Gasteiger partial charge in [0.15, 0.2) is 9.84 Å². The zero-order chi connectivity index (χ0) is 21.2. The largest absolute Gasteiger partial charge is 0.341 e. The van der Waals surface area contributed by atoms with E-state index in [1.165, 1.54) is 4.90 Å². The first-order chi connectivity index (χ1) is 13.8. The number of fused-ring (bicyclic) bond motifs is 1. The minimum atomic E-state index is -3.25. The molecule has 2 aliphatic heterocycles. The van der Waals surface area contributed by atoms with Crippen molar-refractivity contribution in [2.75, 3.05) is 36.0 Å². The Balaban J connectivity index is 1.87. The molecule has 1 aromatic carbocycles. The van der Waals surface area contributed by atoms with Crippen LogP contribution >= 0.6 is 0 Å². The molecular formula is C21H31N3O4S. The van der Waals surface area contributed by atoms with Gasteiger partial charge in [0.1, 0.15) is 6.54 Å². The molecule has 2 saturated heterocycles. The Bertz CT molecular complexity index is 847. The number of hydrogen-bond acceptors (Lipinski definition) is 4. The molecule has 0 bridgehead atoms. The van der Waals surface area contributed by atoms with Crippen LogP contribution in [-0.2, 0) is 21.1 Å². The fourth-order valence-electron chi connectivity index (χ4n) is 4.30. The predicted octanol–water partition coefficient (Wildman–Crippen LogP) is 2.31. The third-order valence-corrected chi connectivity index (χ3v) is 7.44. The molecule has 3 amide bonds. The Labute approximate surface area is 173 Å². The first kappa shape index (κ1) is 21.6. The van der Waals surface area contributed by atoms with Crippen LogP contribution in [-0.4, -0.2) is 73.4 Å². The minimum absolute atomic E-state index is 0.0583. The van der Waals surface area contributed by atoms with Crippen molar-refractivity contribution >= 4 is 27.5 Å². The van der Waals surface area contributed by atoms with E-state index in [0.29, 0.717) is 18.8 Å². The molecule has 29 heavy (non-hydrogen) atoms. The molecule has 2 fully saturated rings. The van der Waals surface area contributed by atoms with Gasteiger partial charge in [0.2, 0.25) is 5.91 Å². The molecule has 0 aliphatic carbocycles. The number of urea groups is 1. The summed E-state index contributed by atoms with van der Waals surface area (Å²) < 4.78 is 24.7. The van der Waals surface area contributed by atoms with Crippen LogP contribution < -0.4 is 4.90 Å². The molecule has 160 valence electrons. The van der Waals surface area contributed by atoms with Crippen molar-refractivity contribution in [3.05, 3.63) is 29.8 Å². The molecule has 0 unspecified atom stereocenters. The lowest BCUT2D eigenvalue weighted by Crippen LogP contribution is -2.46. The summed E-state index contributed by atoms with van der Waals surface area (Å²) >= 11 is 0. The SMILES string of the molecule is CCCN(CCC)C(=O)CN1C(=O)N(c2ccc(CC)cc2)[C@@H]2CS(=O)(=O)C[C@H]21. The maximum atomic E-state index is 13.2. The van der Waals surface area contributed by atoms with Gasteiger partial charge in [-0.25, -0.2) is 13.2 Å². The van der Waals surface area contributed by atoms with Crippen molar-refractivity contribution in [3.8, 4) is 0 Å². The fraction of sp³-hybridized carbons (Fsp3) is 0.619. The lowest BCUT2D eigenvalue weighted by Gasteiger charge is -2.27. The van der Waals surface area contributed by atoms with Crippen molar-refractivity contribution in [3.63, 3.8) is 0 Å². The summed E-state index contributed by atoms with van der Waals surface area (Å²) in [5.41, 5.74) is 1.84. The Morgan fingerprint density at radius 3 is 2.17 bits per heavy atom. The summed E-state index contributed by atoms with van der Waals surface area (Å²) in [6.45, 7) is 7.30. The highest BCUT2D eigenvalue weighted by Gasteiger charge is 2.54. The van der Waals surface area contributed by atoms with E-state index in [4.69, 9.17) is 0 Å². The zero-order valence-corrected chi connectivity index (χ0v) is 18.3. The van der Waals surface area contributed by atoms with E-state index in [1.54, 1.807) is 9.80 Å². The molecule has 8 heteroatoms. The molecule has 2 aliphatic rings. The van der Waals surface area contributed by atoms with Gasteiger partial charge < -0.3 is 9.80 Å². The standard InChI is InChI=1S/C21H31N3O4S/c1-4-11-22(12-5-2)20(25)13-23-18-14-29(27,28)15-19(18)24(21(23)26)17-9-7-16(6-3)8-10-17/h7-10,18-19H,4-6,11-15H2,1-3H3/t18-,19-/m1/s1. The van der Waals surface area contributed by atoms with E-state index in [0.717, 1.165) is 24.8 Å². The van der Waals surface area contributed by atoms with Crippen LogP contribution in [0, 0.1) is 0 Å². The second kappa shape index (κ2) is 8.73. The maximum Gasteiger partial charge on any atom is 0.325 e. The van der Waals surface area contributed by atoms with Crippen molar-refractivity contribution in [2.45, 2.75) is 52.1 Å². The molecule has 1 aromatic rings. The minimum Gasteiger partial charge on any atom is -0.341 e. The van der Waals surface area contributed by atoms with Gasteiger partial charge >= 0.3 is 6.03 Å². The average Bonchev–Trinajstić information content (AvgIpc) is 3.12. The molecule has 2 heterocycles. The van der Waals surface area contributed by atoms with E-state index in [9.17, 15) is 18.0 Å². The zero-order valence-electron chi connectivity index (χ0n) is 17.5. The smallest absolute Gasteiger partial charge is 0.325 e. The molecule has 0 saturated carbocycles. The number of hydrogen-bond donors (Lipinski definition) is 0. The molecule has 0 spiro atoms. The molecular weight excluding hydrogens is 390 g/mol. The molecule has 0 N–H and O–H groups in total. The van der Waals surface area contributed by atoms with E-state index < -0.39 is 21.9 Å².